The maximum atomic E-state index is 12.5. The normalized spacial score (nSPS) is 10.9. The predicted octanol–water partition coefficient (Wildman–Crippen LogP) is 1.52. The molecule has 0 atom stereocenters. The van der Waals surface area contributed by atoms with Crippen molar-refractivity contribution in [3.63, 3.8) is 0 Å². The van der Waals surface area contributed by atoms with Crippen molar-refractivity contribution in [1.82, 2.24) is 19.7 Å². The molecule has 0 aliphatic rings. The zero-order valence-electron chi connectivity index (χ0n) is 14.8. The van der Waals surface area contributed by atoms with Crippen molar-refractivity contribution < 1.29 is 14.0 Å². The minimum atomic E-state index is -0.735. The summed E-state index contributed by atoms with van der Waals surface area (Å²) in [4.78, 5) is 32.1. The molecule has 3 rings (SSSR count). The van der Waals surface area contributed by atoms with Crippen LogP contribution in [0.5, 0.6) is 0 Å². The van der Waals surface area contributed by atoms with Crippen LogP contribution in [0.25, 0.3) is 11.5 Å². The summed E-state index contributed by atoms with van der Waals surface area (Å²) in [5.41, 5.74) is 11.8. The molecule has 0 fully saturated rings. The first-order valence-electron chi connectivity index (χ1n) is 8.19. The number of nitrogens with two attached hydrogens (primary N) is 2. The first-order chi connectivity index (χ1) is 12.8. The molecule has 10 heteroatoms. The van der Waals surface area contributed by atoms with Crippen LogP contribution in [-0.4, -0.2) is 31.6 Å². The van der Waals surface area contributed by atoms with Crippen molar-refractivity contribution in [2.24, 2.45) is 11.7 Å². The summed E-state index contributed by atoms with van der Waals surface area (Å²) in [5, 5.41) is 6.72. The molecule has 0 saturated heterocycles. The number of amides is 2. The maximum absolute atomic E-state index is 12.5. The number of nitrogens with zero attached hydrogens (tertiary/aromatic N) is 4. The first kappa shape index (κ1) is 18.1. The number of carbonyl (C=O) groups is 2. The van der Waals surface area contributed by atoms with Gasteiger partial charge in [-0.05, 0) is 18.1 Å². The van der Waals surface area contributed by atoms with E-state index in [1.54, 1.807) is 23.0 Å². The van der Waals surface area contributed by atoms with E-state index in [0.717, 1.165) is 0 Å². The van der Waals surface area contributed by atoms with E-state index >= 15 is 0 Å². The third kappa shape index (κ3) is 4.11. The van der Waals surface area contributed by atoms with Gasteiger partial charge in [0.1, 0.15) is 12.1 Å². The van der Waals surface area contributed by atoms with Gasteiger partial charge < -0.3 is 21.2 Å². The van der Waals surface area contributed by atoms with Crippen molar-refractivity contribution in [2.75, 3.05) is 11.1 Å². The summed E-state index contributed by atoms with van der Waals surface area (Å²) in [6.45, 7) is 4.59. The number of anilines is 2. The van der Waals surface area contributed by atoms with Crippen LogP contribution < -0.4 is 16.8 Å². The molecule has 3 heterocycles. The maximum Gasteiger partial charge on any atom is 0.277 e. The SMILES string of the molecule is CC(C)Cn1cc(NC(=O)c2coc(-c3ccnc(N)c3)n2)c(C(N)=O)n1. The lowest BCUT2D eigenvalue weighted by Crippen LogP contribution is -2.18. The molecular formula is C17H19N7O3. The Morgan fingerprint density at radius 2 is 2.15 bits per heavy atom. The summed E-state index contributed by atoms with van der Waals surface area (Å²) in [7, 11) is 0. The molecule has 0 aliphatic heterocycles. The fourth-order valence-corrected chi connectivity index (χ4v) is 2.44. The van der Waals surface area contributed by atoms with Crippen LogP contribution in [0.4, 0.5) is 11.5 Å². The summed E-state index contributed by atoms with van der Waals surface area (Å²) in [5.74, 6) is -0.458. The number of oxazole rings is 1. The second-order valence-corrected chi connectivity index (χ2v) is 6.33. The van der Waals surface area contributed by atoms with Gasteiger partial charge in [0.15, 0.2) is 11.4 Å². The van der Waals surface area contributed by atoms with E-state index in [2.05, 4.69) is 20.4 Å². The molecule has 0 saturated carbocycles. The largest absolute Gasteiger partial charge is 0.444 e. The Labute approximate surface area is 154 Å². The smallest absolute Gasteiger partial charge is 0.277 e. The molecule has 0 unspecified atom stereocenters. The average molecular weight is 369 g/mol. The molecule has 0 aliphatic carbocycles. The minimum absolute atomic E-state index is 0.0189. The lowest BCUT2D eigenvalue weighted by molar-refractivity contribution is 0.0995. The van der Waals surface area contributed by atoms with Crippen LogP contribution in [0.15, 0.2) is 35.2 Å². The third-order valence-electron chi connectivity index (χ3n) is 3.56. The van der Waals surface area contributed by atoms with Crippen LogP contribution in [0.2, 0.25) is 0 Å². The van der Waals surface area contributed by atoms with Crippen LogP contribution in [-0.2, 0) is 6.54 Å². The third-order valence-corrected chi connectivity index (χ3v) is 3.56. The standard InChI is InChI=1S/C17H19N7O3/c1-9(2)6-24-7-11(14(23-24)15(19)25)21-16(26)12-8-27-17(22-12)10-3-4-20-13(18)5-10/h3-5,7-9H,6H2,1-2H3,(H2,18,20)(H2,19,25)(H,21,26). The van der Waals surface area contributed by atoms with Crippen molar-refractivity contribution in [2.45, 2.75) is 20.4 Å². The van der Waals surface area contributed by atoms with Crippen molar-refractivity contribution in [3.8, 4) is 11.5 Å². The highest BCUT2D eigenvalue weighted by atomic mass is 16.3. The van der Waals surface area contributed by atoms with Crippen molar-refractivity contribution >= 4 is 23.3 Å². The lowest BCUT2D eigenvalue weighted by Gasteiger charge is -2.03. The number of pyridine rings is 1. The summed E-state index contributed by atoms with van der Waals surface area (Å²) in [6.07, 6.45) is 4.28. The van der Waals surface area contributed by atoms with Gasteiger partial charge in [-0.15, -0.1) is 0 Å². The Balaban J connectivity index is 1.81. The molecule has 2 amide bonds. The van der Waals surface area contributed by atoms with Gasteiger partial charge in [0.2, 0.25) is 5.89 Å². The molecule has 0 radical (unpaired) electrons. The second-order valence-electron chi connectivity index (χ2n) is 6.33. The van der Waals surface area contributed by atoms with E-state index in [-0.39, 0.29) is 23.0 Å². The molecule has 3 aromatic rings. The van der Waals surface area contributed by atoms with Crippen LogP contribution in [0.1, 0.15) is 34.8 Å². The van der Waals surface area contributed by atoms with E-state index < -0.39 is 11.8 Å². The van der Waals surface area contributed by atoms with Gasteiger partial charge in [-0.3, -0.25) is 14.3 Å². The summed E-state index contributed by atoms with van der Waals surface area (Å²) in [6, 6.07) is 3.24. The van der Waals surface area contributed by atoms with E-state index in [0.29, 0.717) is 23.8 Å². The number of hydrogen-bond donors (Lipinski definition) is 3. The van der Waals surface area contributed by atoms with Gasteiger partial charge in [-0.25, -0.2) is 9.97 Å². The van der Waals surface area contributed by atoms with Gasteiger partial charge in [0, 0.05) is 24.5 Å². The number of aromatic nitrogens is 4. The highest BCUT2D eigenvalue weighted by Gasteiger charge is 2.20. The molecule has 0 bridgehead atoms. The van der Waals surface area contributed by atoms with Crippen LogP contribution in [0.3, 0.4) is 0 Å². The van der Waals surface area contributed by atoms with E-state index in [1.807, 2.05) is 13.8 Å². The molecule has 27 heavy (non-hydrogen) atoms. The second kappa shape index (κ2) is 7.28. The monoisotopic (exact) mass is 369 g/mol. The Morgan fingerprint density at radius 3 is 2.81 bits per heavy atom. The number of primary amides is 1. The Bertz CT molecular complexity index is 990. The Morgan fingerprint density at radius 1 is 1.37 bits per heavy atom. The number of nitrogen functional groups attached to an aromatic ring is 1. The van der Waals surface area contributed by atoms with Crippen LogP contribution >= 0.6 is 0 Å². The van der Waals surface area contributed by atoms with Crippen molar-refractivity contribution in [3.05, 3.63) is 42.2 Å². The number of rotatable bonds is 6. The van der Waals surface area contributed by atoms with E-state index in [1.165, 1.54) is 12.5 Å². The fourth-order valence-electron chi connectivity index (χ4n) is 2.44. The van der Waals surface area contributed by atoms with E-state index in [4.69, 9.17) is 15.9 Å². The van der Waals surface area contributed by atoms with E-state index in [9.17, 15) is 9.59 Å². The Hall–Kier alpha value is -3.69. The number of hydrogen-bond acceptors (Lipinski definition) is 7. The van der Waals surface area contributed by atoms with Gasteiger partial charge in [0.05, 0.1) is 5.69 Å². The zero-order valence-corrected chi connectivity index (χ0v) is 14.8. The fraction of sp³-hybridized carbons (Fsp3) is 0.235. The molecule has 0 aromatic carbocycles. The average Bonchev–Trinajstić information content (AvgIpc) is 3.21. The van der Waals surface area contributed by atoms with Gasteiger partial charge in [0.25, 0.3) is 11.8 Å². The lowest BCUT2D eigenvalue weighted by atomic mass is 10.2. The number of carbonyl (C=O) groups excluding carboxylic acids is 2. The predicted molar refractivity (Wildman–Crippen MR) is 97.7 cm³/mol. The van der Waals surface area contributed by atoms with Gasteiger partial charge in [-0.2, -0.15) is 5.10 Å². The van der Waals surface area contributed by atoms with Gasteiger partial charge >= 0.3 is 0 Å². The van der Waals surface area contributed by atoms with Gasteiger partial charge in [-0.1, -0.05) is 13.8 Å². The van der Waals surface area contributed by atoms with Crippen LogP contribution in [0, 0.1) is 5.92 Å². The Kier molecular flexibility index (Phi) is 4.88. The molecule has 3 aromatic heterocycles. The highest BCUT2D eigenvalue weighted by molar-refractivity contribution is 6.07. The molecular weight excluding hydrogens is 350 g/mol. The highest BCUT2D eigenvalue weighted by Crippen LogP contribution is 2.21. The molecule has 10 nitrogen and oxygen atoms in total. The number of nitrogens with one attached hydrogen (secondary N) is 1. The molecule has 0 spiro atoms. The summed E-state index contributed by atoms with van der Waals surface area (Å²) < 4.78 is 6.90. The zero-order chi connectivity index (χ0) is 19.6. The van der Waals surface area contributed by atoms with Crippen molar-refractivity contribution in [1.29, 1.82) is 0 Å². The summed E-state index contributed by atoms with van der Waals surface area (Å²) >= 11 is 0. The first-order valence-corrected chi connectivity index (χ1v) is 8.19. The molecule has 140 valence electrons. The minimum Gasteiger partial charge on any atom is -0.444 e. The molecule has 5 N–H and O–H groups in total. The quantitative estimate of drug-likeness (QED) is 0.595. The topological polar surface area (TPSA) is 155 Å².